The molecule has 0 saturated carbocycles. The minimum atomic E-state index is -2.28. The molecule has 0 saturated heterocycles. The first-order valence-electron chi connectivity index (χ1n) is 4.71. The van der Waals surface area contributed by atoms with Crippen molar-refractivity contribution in [3.63, 3.8) is 0 Å². The van der Waals surface area contributed by atoms with E-state index in [1.807, 2.05) is 0 Å². The molecule has 0 atom stereocenters. The van der Waals surface area contributed by atoms with Gasteiger partial charge in [0, 0.05) is 11.8 Å². The molecule has 2 aromatic rings. The van der Waals surface area contributed by atoms with Gasteiger partial charge in [0.1, 0.15) is 0 Å². The maximum absolute atomic E-state index is 13.5. The summed E-state index contributed by atoms with van der Waals surface area (Å²) in [5, 5.41) is 8.96. The van der Waals surface area contributed by atoms with Gasteiger partial charge in [-0.15, -0.1) is 0 Å². The van der Waals surface area contributed by atoms with Crippen LogP contribution in [-0.2, 0) is 0 Å². The Bertz CT molecular complexity index is 648. The molecule has 1 aromatic heterocycles. The topological polar surface area (TPSA) is 33.1 Å². The van der Waals surface area contributed by atoms with Crippen molar-refractivity contribution in [1.82, 2.24) is 4.98 Å². The van der Waals surface area contributed by atoms with Crippen molar-refractivity contribution in [1.29, 1.82) is 0 Å². The van der Waals surface area contributed by atoms with E-state index in [0.29, 0.717) is 0 Å². The highest BCUT2D eigenvalue weighted by molar-refractivity contribution is 6.31. The molecule has 0 fully saturated rings. The summed E-state index contributed by atoms with van der Waals surface area (Å²) >= 11 is 5.41. The molecule has 19 heavy (non-hydrogen) atoms. The highest BCUT2D eigenvalue weighted by Crippen LogP contribution is 2.38. The second kappa shape index (κ2) is 4.65. The fourth-order valence-electron chi connectivity index (χ4n) is 1.47. The summed E-state index contributed by atoms with van der Waals surface area (Å²) in [6.45, 7) is 0. The number of nitrogens with zero attached hydrogens (tertiary/aromatic N) is 1. The lowest BCUT2D eigenvalue weighted by Gasteiger charge is -2.10. The van der Waals surface area contributed by atoms with Crippen LogP contribution in [0.15, 0.2) is 12.3 Å². The van der Waals surface area contributed by atoms with Gasteiger partial charge in [-0.25, -0.2) is 26.9 Å². The average Bonchev–Trinajstić information content (AvgIpc) is 2.39. The Morgan fingerprint density at radius 1 is 0.895 bits per heavy atom. The standard InChI is InChI=1S/C11H3ClF5NO/c12-11-10(19)3(1-2-18-11)4-5(13)7(15)9(17)8(16)6(4)14/h1-2,19H. The van der Waals surface area contributed by atoms with Gasteiger partial charge in [-0.2, -0.15) is 0 Å². The monoisotopic (exact) mass is 295 g/mol. The summed E-state index contributed by atoms with van der Waals surface area (Å²) in [6, 6.07) is 0.874. The Morgan fingerprint density at radius 3 is 1.89 bits per heavy atom. The van der Waals surface area contributed by atoms with Crippen LogP contribution >= 0.6 is 11.6 Å². The number of pyridine rings is 1. The van der Waals surface area contributed by atoms with Crippen molar-refractivity contribution in [3.05, 3.63) is 46.5 Å². The molecule has 2 nitrogen and oxygen atoms in total. The van der Waals surface area contributed by atoms with Gasteiger partial charge in [0.05, 0.1) is 5.56 Å². The van der Waals surface area contributed by atoms with Crippen LogP contribution in [-0.4, -0.2) is 10.1 Å². The van der Waals surface area contributed by atoms with E-state index in [9.17, 15) is 27.1 Å². The number of hydrogen-bond donors (Lipinski definition) is 1. The van der Waals surface area contributed by atoms with Gasteiger partial charge >= 0.3 is 0 Å². The molecule has 100 valence electrons. The third-order valence-electron chi connectivity index (χ3n) is 2.36. The van der Waals surface area contributed by atoms with Crippen LogP contribution in [0.5, 0.6) is 5.75 Å². The Labute approximate surface area is 108 Å². The van der Waals surface area contributed by atoms with Gasteiger partial charge in [-0.05, 0) is 6.07 Å². The largest absolute Gasteiger partial charge is 0.504 e. The smallest absolute Gasteiger partial charge is 0.200 e. The molecular formula is C11H3ClF5NO. The summed E-state index contributed by atoms with van der Waals surface area (Å²) < 4.78 is 65.9. The molecule has 2 rings (SSSR count). The molecule has 8 heteroatoms. The van der Waals surface area contributed by atoms with Gasteiger partial charge < -0.3 is 5.11 Å². The van der Waals surface area contributed by atoms with E-state index in [-0.39, 0.29) is 0 Å². The minimum absolute atomic E-state index is 0.526. The van der Waals surface area contributed by atoms with Crippen LogP contribution < -0.4 is 0 Å². The fraction of sp³-hybridized carbons (Fsp3) is 0. The maximum Gasteiger partial charge on any atom is 0.200 e. The number of aromatic nitrogens is 1. The molecule has 1 N–H and O–H groups in total. The summed E-state index contributed by atoms with van der Waals surface area (Å²) in [6.07, 6.45) is 0.954. The average molecular weight is 296 g/mol. The fourth-order valence-corrected chi connectivity index (χ4v) is 1.63. The molecule has 0 aliphatic rings. The van der Waals surface area contributed by atoms with Gasteiger partial charge in [-0.3, -0.25) is 0 Å². The lowest BCUT2D eigenvalue weighted by molar-refractivity contribution is 0.380. The Balaban J connectivity index is 2.87. The summed E-state index contributed by atoms with van der Waals surface area (Å²) in [5.41, 5.74) is -1.91. The highest BCUT2D eigenvalue weighted by Gasteiger charge is 2.28. The van der Waals surface area contributed by atoms with Gasteiger partial charge in [0.25, 0.3) is 0 Å². The molecule has 0 bridgehead atoms. The molecule has 0 amide bonds. The highest BCUT2D eigenvalue weighted by atomic mass is 35.5. The number of rotatable bonds is 1. The van der Waals surface area contributed by atoms with Crippen LogP contribution in [0, 0.1) is 29.1 Å². The minimum Gasteiger partial charge on any atom is -0.504 e. The molecule has 0 unspecified atom stereocenters. The van der Waals surface area contributed by atoms with Gasteiger partial charge in [0.2, 0.25) is 5.82 Å². The zero-order valence-corrected chi connectivity index (χ0v) is 9.57. The molecular weight excluding hydrogens is 293 g/mol. The van der Waals surface area contributed by atoms with E-state index in [1.54, 1.807) is 0 Å². The van der Waals surface area contributed by atoms with Crippen molar-refractivity contribution >= 4 is 11.6 Å². The first kappa shape index (κ1) is 13.5. The normalized spacial score (nSPS) is 10.8. The SMILES string of the molecule is Oc1c(-c2c(F)c(F)c(F)c(F)c2F)ccnc1Cl. The van der Waals surface area contributed by atoms with Crippen LogP contribution in [0.1, 0.15) is 0 Å². The first-order valence-corrected chi connectivity index (χ1v) is 5.09. The first-order chi connectivity index (χ1) is 8.86. The van der Waals surface area contributed by atoms with Crippen LogP contribution in [0.2, 0.25) is 5.15 Å². The van der Waals surface area contributed by atoms with Crippen LogP contribution in [0.4, 0.5) is 22.0 Å². The summed E-state index contributed by atoms with van der Waals surface area (Å²) in [5.74, 6) is -11.5. The zero-order chi connectivity index (χ0) is 14.3. The van der Waals surface area contributed by atoms with E-state index >= 15 is 0 Å². The Hall–Kier alpha value is -1.89. The Kier molecular flexibility index (Phi) is 3.32. The lowest BCUT2D eigenvalue weighted by atomic mass is 10.0. The van der Waals surface area contributed by atoms with E-state index in [1.165, 1.54) is 0 Å². The van der Waals surface area contributed by atoms with Crippen molar-refractivity contribution < 1.29 is 27.1 Å². The predicted octanol–water partition coefficient (Wildman–Crippen LogP) is 3.80. The molecule has 0 aliphatic carbocycles. The van der Waals surface area contributed by atoms with Crippen LogP contribution in [0.3, 0.4) is 0 Å². The Morgan fingerprint density at radius 2 is 1.37 bits per heavy atom. The maximum atomic E-state index is 13.5. The van der Waals surface area contributed by atoms with E-state index in [4.69, 9.17) is 11.6 Å². The van der Waals surface area contributed by atoms with Gasteiger partial charge in [-0.1, -0.05) is 11.6 Å². The second-order valence-electron chi connectivity index (χ2n) is 3.44. The lowest BCUT2D eigenvalue weighted by Crippen LogP contribution is -2.04. The molecule has 1 heterocycles. The predicted molar refractivity (Wildman–Crippen MR) is 56.1 cm³/mol. The zero-order valence-electron chi connectivity index (χ0n) is 8.82. The molecule has 1 aromatic carbocycles. The molecule has 0 aliphatic heterocycles. The van der Waals surface area contributed by atoms with Crippen molar-refractivity contribution in [3.8, 4) is 16.9 Å². The number of halogens is 6. The van der Waals surface area contributed by atoms with E-state index in [2.05, 4.69) is 4.98 Å². The number of hydrogen-bond acceptors (Lipinski definition) is 2. The van der Waals surface area contributed by atoms with Crippen molar-refractivity contribution in [2.24, 2.45) is 0 Å². The second-order valence-corrected chi connectivity index (χ2v) is 3.80. The summed E-state index contributed by atoms with van der Waals surface area (Å²) in [7, 11) is 0. The third-order valence-corrected chi connectivity index (χ3v) is 2.64. The third kappa shape index (κ3) is 1.99. The van der Waals surface area contributed by atoms with Crippen molar-refractivity contribution in [2.45, 2.75) is 0 Å². The van der Waals surface area contributed by atoms with E-state index in [0.717, 1.165) is 12.3 Å². The molecule has 0 radical (unpaired) electrons. The van der Waals surface area contributed by atoms with Crippen LogP contribution in [0.25, 0.3) is 11.1 Å². The number of benzene rings is 1. The van der Waals surface area contributed by atoms with E-state index < -0.39 is 51.1 Å². The number of aromatic hydroxyl groups is 1. The van der Waals surface area contributed by atoms with Gasteiger partial charge in [0.15, 0.2) is 34.2 Å². The quantitative estimate of drug-likeness (QED) is 0.376. The summed E-state index contributed by atoms with van der Waals surface area (Å²) in [4.78, 5) is 3.40. The van der Waals surface area contributed by atoms with Crippen molar-refractivity contribution in [2.75, 3.05) is 0 Å². The molecule has 0 spiro atoms.